The van der Waals surface area contributed by atoms with Crippen LogP contribution in [0.1, 0.15) is 53.9 Å². The molecule has 1 aliphatic heterocycles. The summed E-state index contributed by atoms with van der Waals surface area (Å²) in [5.74, 6) is -0.947. The Kier molecular flexibility index (Phi) is 9.13. The molecular formula is C28H36N6O4S. The highest BCUT2D eigenvalue weighted by Crippen LogP contribution is 2.41. The van der Waals surface area contributed by atoms with E-state index in [-0.39, 0.29) is 17.1 Å². The molecule has 1 unspecified atom stereocenters. The number of nitrogens with two attached hydrogens (primary N) is 1. The van der Waals surface area contributed by atoms with E-state index >= 15 is 0 Å². The Morgan fingerprint density at radius 3 is 2.59 bits per heavy atom. The monoisotopic (exact) mass is 552 g/mol. The second-order valence-corrected chi connectivity index (χ2v) is 11.5. The number of carbonyl (C=O) groups excluding carboxylic acids is 3. The number of carbonyl (C=O) groups is 3. The number of para-hydroxylation sites is 1. The third-order valence-corrected chi connectivity index (χ3v) is 8.41. The number of rotatable bonds is 5. The number of hydrogen-bond acceptors (Lipinski definition) is 8. The zero-order valence-electron chi connectivity index (χ0n) is 22.8. The fraction of sp³-hybridized carbons (Fsp3) is 0.464. The molecule has 3 heterocycles. The van der Waals surface area contributed by atoms with Gasteiger partial charge in [-0.15, -0.1) is 11.3 Å². The minimum absolute atomic E-state index is 0.0318. The molecule has 3 N–H and O–H groups in total. The van der Waals surface area contributed by atoms with Gasteiger partial charge in [-0.1, -0.05) is 19.1 Å². The lowest BCUT2D eigenvalue weighted by atomic mass is 9.80. The topological polar surface area (TPSA) is 131 Å². The lowest BCUT2D eigenvalue weighted by molar-refractivity contribution is -0.144. The molecule has 2 fully saturated rings. The van der Waals surface area contributed by atoms with E-state index in [1.165, 1.54) is 46.8 Å². The highest BCUT2D eigenvalue weighted by Gasteiger charge is 2.33. The lowest BCUT2D eigenvalue weighted by Gasteiger charge is -2.38. The average Bonchev–Trinajstić information content (AvgIpc) is 3.31. The van der Waals surface area contributed by atoms with Gasteiger partial charge in [-0.2, -0.15) is 0 Å². The summed E-state index contributed by atoms with van der Waals surface area (Å²) in [7, 11) is 5.69. The normalized spacial score (nSPS) is 20.5. The van der Waals surface area contributed by atoms with E-state index in [9.17, 15) is 14.4 Å². The predicted octanol–water partition coefficient (Wildman–Crippen LogP) is 3.49. The Morgan fingerprint density at radius 2 is 1.95 bits per heavy atom. The molecule has 5 rings (SSSR count). The van der Waals surface area contributed by atoms with Gasteiger partial charge in [0.25, 0.3) is 5.91 Å². The van der Waals surface area contributed by atoms with Crippen LogP contribution in [0.5, 0.6) is 5.88 Å². The number of hydrogen-bond donors (Lipinski definition) is 2. The fourth-order valence-corrected chi connectivity index (χ4v) is 5.93. The molecule has 3 aromatic rings. The number of likely N-dealkylation sites (tertiary alicyclic amines) is 1. The number of anilines is 1. The number of benzene rings is 1. The molecule has 1 aliphatic carbocycles. The van der Waals surface area contributed by atoms with Crippen molar-refractivity contribution in [2.45, 2.75) is 44.6 Å². The van der Waals surface area contributed by atoms with Gasteiger partial charge in [0.1, 0.15) is 5.56 Å². The van der Waals surface area contributed by atoms with E-state index in [4.69, 9.17) is 15.5 Å². The first kappa shape index (κ1) is 28.4. The number of nitrogens with zero attached hydrogens (tertiary/aromatic N) is 4. The first-order valence-corrected chi connectivity index (χ1v) is 13.9. The Bertz CT molecular complexity index is 1300. The zero-order chi connectivity index (χ0) is 28.1. The molecule has 11 heteroatoms. The standard InChI is InChI=1S/C15H20N4O4.C13H16N2S/c1-9-4-3-5-19(8-9)15(22)13(21)18-10-6-11(12(16)20)14(23-2)17-7-10;1-15(2)10-7-9(8-10)13-14-11-5-3-4-6-12(11)16-13/h6-7,9H,3-5,8H2,1-2H3,(H2,16,20)(H,18,21);3-6,9-10H,7-8H2,1-2H3. The fourth-order valence-electron chi connectivity index (χ4n) is 4.84. The van der Waals surface area contributed by atoms with Crippen molar-refractivity contribution >= 4 is 45.0 Å². The lowest BCUT2D eigenvalue weighted by Crippen LogP contribution is -2.44. The number of thiazole rings is 1. The van der Waals surface area contributed by atoms with Crippen LogP contribution >= 0.6 is 11.3 Å². The van der Waals surface area contributed by atoms with Crippen LogP contribution in [0.4, 0.5) is 5.69 Å². The number of pyridine rings is 1. The molecular weight excluding hydrogens is 516 g/mol. The van der Waals surface area contributed by atoms with Gasteiger partial charge >= 0.3 is 11.8 Å². The van der Waals surface area contributed by atoms with E-state index in [1.807, 2.05) is 18.3 Å². The summed E-state index contributed by atoms with van der Waals surface area (Å²) in [6, 6.07) is 10.5. The molecule has 1 saturated carbocycles. The number of amides is 3. The number of nitrogens with one attached hydrogen (secondary N) is 1. The third-order valence-electron chi connectivity index (χ3n) is 7.21. The van der Waals surface area contributed by atoms with Crippen molar-refractivity contribution in [2.75, 3.05) is 39.6 Å². The first-order valence-electron chi connectivity index (χ1n) is 13.1. The Labute approximate surface area is 232 Å². The summed E-state index contributed by atoms with van der Waals surface area (Å²) >= 11 is 1.87. The van der Waals surface area contributed by atoms with E-state index < -0.39 is 17.7 Å². The quantitative estimate of drug-likeness (QED) is 0.463. The van der Waals surface area contributed by atoms with Crippen molar-refractivity contribution in [3.8, 4) is 5.88 Å². The number of piperidine rings is 1. The predicted molar refractivity (Wildman–Crippen MR) is 152 cm³/mol. The molecule has 0 spiro atoms. The minimum atomic E-state index is -0.763. The maximum Gasteiger partial charge on any atom is 0.313 e. The van der Waals surface area contributed by atoms with E-state index in [0.717, 1.165) is 24.4 Å². The van der Waals surface area contributed by atoms with Gasteiger partial charge in [-0.05, 0) is 63.9 Å². The third kappa shape index (κ3) is 6.90. The molecule has 39 heavy (non-hydrogen) atoms. The van der Waals surface area contributed by atoms with Crippen molar-refractivity contribution in [1.82, 2.24) is 19.8 Å². The second-order valence-electron chi connectivity index (χ2n) is 10.4. The molecule has 0 bridgehead atoms. The van der Waals surface area contributed by atoms with Gasteiger partial charge in [0.2, 0.25) is 5.88 Å². The van der Waals surface area contributed by atoms with Crippen LogP contribution in [-0.4, -0.2) is 77.8 Å². The maximum absolute atomic E-state index is 12.2. The number of fused-ring (bicyclic) bond motifs is 1. The van der Waals surface area contributed by atoms with Crippen molar-refractivity contribution in [3.63, 3.8) is 0 Å². The van der Waals surface area contributed by atoms with Crippen LogP contribution in [0, 0.1) is 5.92 Å². The van der Waals surface area contributed by atoms with E-state index in [1.54, 1.807) is 0 Å². The van der Waals surface area contributed by atoms with Crippen molar-refractivity contribution < 1.29 is 19.1 Å². The summed E-state index contributed by atoms with van der Waals surface area (Å²) < 4.78 is 6.25. The van der Waals surface area contributed by atoms with Crippen LogP contribution < -0.4 is 15.8 Å². The average molecular weight is 553 g/mol. The van der Waals surface area contributed by atoms with Gasteiger partial charge < -0.3 is 25.6 Å². The molecule has 1 aromatic carbocycles. The summed E-state index contributed by atoms with van der Waals surface area (Å²) in [5.41, 5.74) is 6.64. The molecule has 1 atom stereocenters. The molecule has 10 nitrogen and oxygen atoms in total. The van der Waals surface area contributed by atoms with Crippen LogP contribution in [0.25, 0.3) is 10.2 Å². The van der Waals surface area contributed by atoms with Crippen molar-refractivity contribution in [2.24, 2.45) is 11.7 Å². The SMILES string of the molecule is CN(C)C1CC(c2nc3ccccc3s2)C1.COc1ncc(NC(=O)C(=O)N2CCCC(C)C2)cc1C(N)=O. The van der Waals surface area contributed by atoms with Crippen molar-refractivity contribution in [3.05, 3.63) is 47.1 Å². The summed E-state index contributed by atoms with van der Waals surface area (Å²) in [5, 5.41) is 3.78. The molecule has 0 radical (unpaired) electrons. The molecule has 2 aliphatic rings. The van der Waals surface area contributed by atoms with E-state index in [0.29, 0.717) is 24.9 Å². The Hall–Kier alpha value is -3.57. The smallest absolute Gasteiger partial charge is 0.313 e. The number of primary amides is 1. The maximum atomic E-state index is 12.2. The highest BCUT2D eigenvalue weighted by atomic mass is 32.1. The van der Waals surface area contributed by atoms with Crippen LogP contribution in [0.15, 0.2) is 36.5 Å². The van der Waals surface area contributed by atoms with Gasteiger partial charge in [0, 0.05) is 25.0 Å². The first-order chi connectivity index (χ1) is 18.7. The van der Waals surface area contributed by atoms with Gasteiger partial charge in [-0.3, -0.25) is 14.4 Å². The molecule has 208 valence electrons. The Morgan fingerprint density at radius 1 is 1.21 bits per heavy atom. The van der Waals surface area contributed by atoms with Gasteiger partial charge in [0.15, 0.2) is 0 Å². The summed E-state index contributed by atoms with van der Waals surface area (Å²) in [6.45, 7) is 3.19. The Balaban J connectivity index is 0.000000192. The summed E-state index contributed by atoms with van der Waals surface area (Å²) in [6.07, 6.45) is 5.78. The molecule has 2 aromatic heterocycles. The van der Waals surface area contributed by atoms with Crippen LogP contribution in [0.2, 0.25) is 0 Å². The minimum Gasteiger partial charge on any atom is -0.480 e. The largest absolute Gasteiger partial charge is 0.480 e. The van der Waals surface area contributed by atoms with Crippen LogP contribution in [-0.2, 0) is 9.59 Å². The molecule has 3 amide bonds. The second kappa shape index (κ2) is 12.5. The van der Waals surface area contributed by atoms with E-state index in [2.05, 4.69) is 53.6 Å². The number of aromatic nitrogens is 2. The highest BCUT2D eigenvalue weighted by molar-refractivity contribution is 7.18. The number of ether oxygens (including phenoxy) is 1. The summed E-state index contributed by atoms with van der Waals surface area (Å²) in [4.78, 5) is 48.1. The van der Waals surface area contributed by atoms with Gasteiger partial charge in [-0.25, -0.2) is 9.97 Å². The molecule has 1 saturated heterocycles. The van der Waals surface area contributed by atoms with Crippen LogP contribution in [0.3, 0.4) is 0 Å². The van der Waals surface area contributed by atoms with Crippen molar-refractivity contribution in [1.29, 1.82) is 0 Å². The number of methoxy groups -OCH3 is 1. The zero-order valence-corrected chi connectivity index (χ0v) is 23.7. The van der Waals surface area contributed by atoms with Gasteiger partial charge in [0.05, 0.1) is 34.2 Å².